The number of hydrogen-bond acceptors (Lipinski definition) is 8. The zero-order chi connectivity index (χ0) is 26.5. The number of aromatic nitrogens is 4. The normalized spacial score (nSPS) is 10.8. The number of rotatable bonds is 9. The first-order valence-electron chi connectivity index (χ1n) is 12.2. The lowest BCUT2D eigenvalue weighted by Crippen LogP contribution is -2.30. The minimum absolute atomic E-state index is 0.0349. The van der Waals surface area contributed by atoms with E-state index in [2.05, 4.69) is 16.0 Å². The summed E-state index contributed by atoms with van der Waals surface area (Å²) in [6, 6.07) is 13.7. The Kier molecular flexibility index (Phi) is 7.53. The monoisotopic (exact) mass is 499 g/mol. The van der Waals surface area contributed by atoms with E-state index in [1.54, 1.807) is 41.3 Å². The molecule has 2 aromatic heterocycles. The lowest BCUT2D eigenvalue weighted by Gasteiger charge is -2.20. The van der Waals surface area contributed by atoms with Crippen LogP contribution in [-0.4, -0.2) is 43.4 Å². The SMILES string of the molecule is CCc1nc2c(Oc3cccc(N)c3)nc(Oc3cc(C#N)ccc3C(=O)N(CC)CC)nc2n1CC. The molecule has 0 aliphatic rings. The number of imidazole rings is 1. The second kappa shape index (κ2) is 11.0. The average Bonchev–Trinajstić information content (AvgIpc) is 3.27. The third kappa shape index (κ3) is 5.16. The Bertz CT molecular complexity index is 1490. The van der Waals surface area contributed by atoms with Gasteiger partial charge in [-0.25, -0.2) is 4.98 Å². The van der Waals surface area contributed by atoms with E-state index in [-0.39, 0.29) is 23.5 Å². The number of carbonyl (C=O) groups excluding carboxylic acids is 1. The van der Waals surface area contributed by atoms with Crippen LogP contribution in [0, 0.1) is 11.3 Å². The molecule has 0 fully saturated rings. The maximum absolute atomic E-state index is 13.2. The van der Waals surface area contributed by atoms with Gasteiger partial charge in [0.05, 0.1) is 17.2 Å². The first-order chi connectivity index (χ1) is 17.9. The summed E-state index contributed by atoms with van der Waals surface area (Å²) in [7, 11) is 0. The van der Waals surface area contributed by atoms with Gasteiger partial charge in [-0.2, -0.15) is 15.2 Å². The lowest BCUT2D eigenvalue weighted by atomic mass is 10.1. The lowest BCUT2D eigenvalue weighted by molar-refractivity contribution is 0.0770. The van der Waals surface area contributed by atoms with E-state index >= 15 is 0 Å². The molecule has 4 aromatic rings. The number of nitrogens with two attached hydrogens (primary N) is 1. The Morgan fingerprint density at radius 2 is 1.84 bits per heavy atom. The predicted molar refractivity (Wildman–Crippen MR) is 140 cm³/mol. The van der Waals surface area contributed by atoms with Crippen molar-refractivity contribution in [2.45, 2.75) is 40.7 Å². The maximum atomic E-state index is 13.2. The highest BCUT2D eigenvalue weighted by Crippen LogP contribution is 2.33. The van der Waals surface area contributed by atoms with Gasteiger partial charge in [0.1, 0.15) is 17.3 Å². The number of hydrogen-bond donors (Lipinski definition) is 1. The van der Waals surface area contributed by atoms with Gasteiger partial charge in [0.25, 0.3) is 11.8 Å². The van der Waals surface area contributed by atoms with Crippen LogP contribution in [0.25, 0.3) is 11.2 Å². The summed E-state index contributed by atoms with van der Waals surface area (Å²) >= 11 is 0. The van der Waals surface area contributed by atoms with Gasteiger partial charge in [0.2, 0.25) is 0 Å². The molecule has 10 nitrogen and oxygen atoms in total. The molecule has 190 valence electrons. The first-order valence-corrected chi connectivity index (χ1v) is 12.2. The quantitative estimate of drug-likeness (QED) is 0.321. The Labute approximate surface area is 215 Å². The van der Waals surface area contributed by atoms with Crippen LogP contribution >= 0.6 is 0 Å². The van der Waals surface area contributed by atoms with Crippen LogP contribution in [0.1, 0.15) is 49.4 Å². The van der Waals surface area contributed by atoms with Crippen LogP contribution in [-0.2, 0) is 13.0 Å². The van der Waals surface area contributed by atoms with E-state index in [9.17, 15) is 10.1 Å². The second-order valence-electron chi connectivity index (χ2n) is 8.19. The zero-order valence-electron chi connectivity index (χ0n) is 21.4. The summed E-state index contributed by atoms with van der Waals surface area (Å²) in [5.74, 6) is 1.47. The van der Waals surface area contributed by atoms with E-state index in [1.807, 2.05) is 32.3 Å². The van der Waals surface area contributed by atoms with Crippen LogP contribution in [0.15, 0.2) is 42.5 Å². The van der Waals surface area contributed by atoms with Crippen molar-refractivity contribution in [2.24, 2.45) is 0 Å². The van der Waals surface area contributed by atoms with E-state index in [0.717, 1.165) is 5.82 Å². The van der Waals surface area contributed by atoms with Crippen LogP contribution in [0.4, 0.5) is 5.69 Å². The summed E-state index contributed by atoms with van der Waals surface area (Å²) < 4.78 is 14.1. The number of aryl methyl sites for hydroxylation is 2. The number of nitriles is 1. The molecule has 0 atom stereocenters. The molecule has 37 heavy (non-hydrogen) atoms. The van der Waals surface area contributed by atoms with Crippen molar-refractivity contribution in [2.75, 3.05) is 18.8 Å². The van der Waals surface area contributed by atoms with Crippen LogP contribution in [0.2, 0.25) is 0 Å². The molecule has 0 aliphatic carbocycles. The third-order valence-corrected chi connectivity index (χ3v) is 5.92. The van der Waals surface area contributed by atoms with Gasteiger partial charge in [0, 0.05) is 37.8 Å². The number of nitrogens with zero attached hydrogens (tertiary/aromatic N) is 6. The molecule has 1 amide bonds. The molecule has 2 heterocycles. The fraction of sp³-hybridized carbons (Fsp3) is 0.296. The Morgan fingerprint density at radius 1 is 1.05 bits per heavy atom. The molecule has 0 aliphatic heterocycles. The molecule has 0 unspecified atom stereocenters. The molecule has 0 radical (unpaired) electrons. The van der Waals surface area contributed by atoms with Crippen molar-refractivity contribution >= 4 is 22.8 Å². The molecule has 2 N–H and O–H groups in total. The minimum atomic E-state index is -0.214. The highest BCUT2D eigenvalue weighted by molar-refractivity contribution is 5.97. The van der Waals surface area contributed by atoms with Crippen LogP contribution < -0.4 is 15.2 Å². The molecule has 0 saturated heterocycles. The van der Waals surface area contributed by atoms with E-state index in [0.29, 0.717) is 59.8 Å². The van der Waals surface area contributed by atoms with Crippen LogP contribution in [0.3, 0.4) is 0 Å². The number of benzene rings is 2. The number of nitrogen functional groups attached to an aromatic ring is 1. The number of carbonyl (C=O) groups is 1. The largest absolute Gasteiger partial charge is 0.437 e. The van der Waals surface area contributed by atoms with Gasteiger partial charge in [-0.15, -0.1) is 0 Å². The summed E-state index contributed by atoms with van der Waals surface area (Å²) in [5.41, 5.74) is 8.14. The Morgan fingerprint density at radius 3 is 2.49 bits per heavy atom. The number of ether oxygens (including phenoxy) is 2. The molecular weight excluding hydrogens is 470 g/mol. The molecule has 4 rings (SSSR count). The van der Waals surface area contributed by atoms with Crippen molar-refractivity contribution in [1.29, 1.82) is 5.26 Å². The fourth-order valence-corrected chi connectivity index (χ4v) is 4.04. The summed E-state index contributed by atoms with van der Waals surface area (Å²) in [6.07, 6.45) is 0.685. The third-order valence-electron chi connectivity index (χ3n) is 5.92. The fourth-order valence-electron chi connectivity index (χ4n) is 4.04. The van der Waals surface area contributed by atoms with Gasteiger partial charge in [0.15, 0.2) is 11.2 Å². The van der Waals surface area contributed by atoms with Crippen molar-refractivity contribution in [3.63, 3.8) is 0 Å². The second-order valence-corrected chi connectivity index (χ2v) is 8.19. The average molecular weight is 500 g/mol. The first kappa shape index (κ1) is 25.4. The van der Waals surface area contributed by atoms with Gasteiger partial charge >= 0.3 is 6.01 Å². The van der Waals surface area contributed by atoms with E-state index in [1.165, 1.54) is 6.07 Å². The molecule has 0 bridgehead atoms. The summed E-state index contributed by atoms with van der Waals surface area (Å²) in [4.78, 5) is 28.7. The molecule has 10 heteroatoms. The van der Waals surface area contributed by atoms with Gasteiger partial charge < -0.3 is 24.7 Å². The molecule has 2 aromatic carbocycles. The van der Waals surface area contributed by atoms with E-state index in [4.69, 9.17) is 20.2 Å². The van der Waals surface area contributed by atoms with Crippen molar-refractivity contribution in [1.82, 2.24) is 24.4 Å². The smallest absolute Gasteiger partial charge is 0.327 e. The van der Waals surface area contributed by atoms with Crippen molar-refractivity contribution in [3.8, 4) is 29.5 Å². The maximum Gasteiger partial charge on any atom is 0.327 e. The number of fused-ring (bicyclic) bond motifs is 1. The van der Waals surface area contributed by atoms with Gasteiger partial charge in [-0.3, -0.25) is 4.79 Å². The number of amides is 1. The zero-order valence-corrected chi connectivity index (χ0v) is 21.4. The topological polar surface area (TPSA) is 132 Å². The molecular formula is C27H29N7O3. The highest BCUT2D eigenvalue weighted by atomic mass is 16.5. The highest BCUT2D eigenvalue weighted by Gasteiger charge is 2.23. The standard InChI is InChI=1S/C27H29N7O3/c1-5-22-30-23-24(34(22)8-4)31-27(32-25(23)36-19-11-9-10-18(29)15-19)37-21-14-17(16-28)12-13-20(21)26(35)33(6-2)7-3/h9-15H,5-8,29H2,1-4H3. The van der Waals surface area contributed by atoms with E-state index < -0.39 is 0 Å². The predicted octanol–water partition coefficient (Wildman–Crippen LogP) is 4.93. The Balaban J connectivity index is 1.86. The number of anilines is 1. The minimum Gasteiger partial charge on any atom is -0.437 e. The summed E-state index contributed by atoms with van der Waals surface area (Å²) in [6.45, 7) is 9.51. The van der Waals surface area contributed by atoms with Gasteiger partial charge in [-0.1, -0.05) is 13.0 Å². The van der Waals surface area contributed by atoms with Crippen molar-refractivity contribution in [3.05, 3.63) is 59.4 Å². The van der Waals surface area contributed by atoms with Gasteiger partial charge in [-0.05, 0) is 51.1 Å². The molecule has 0 saturated carbocycles. The van der Waals surface area contributed by atoms with Crippen molar-refractivity contribution < 1.29 is 14.3 Å². The van der Waals surface area contributed by atoms with Crippen LogP contribution in [0.5, 0.6) is 23.4 Å². The molecule has 0 spiro atoms. The summed E-state index contributed by atoms with van der Waals surface area (Å²) in [5, 5.41) is 9.46. The Hall–Kier alpha value is -4.65.